The maximum Gasteiger partial charge on any atom is 0.573 e. The van der Waals surface area contributed by atoms with E-state index in [0.29, 0.717) is 5.30 Å². The fraction of sp³-hybridized carbons (Fsp3) is 0.172. The summed E-state index contributed by atoms with van der Waals surface area (Å²) in [4.78, 5) is 0. The highest BCUT2D eigenvalue weighted by atomic mass is 31.2. The molecule has 4 aromatic carbocycles. The monoisotopic (exact) mass is 525 g/mol. The Morgan fingerprint density at radius 2 is 1.08 bits per heavy atom. The smallest absolute Gasteiger partial charge is 0.405 e. The maximum absolute atomic E-state index is 13.5. The third kappa shape index (κ3) is 6.73. The van der Waals surface area contributed by atoms with Crippen molar-refractivity contribution in [3.8, 4) is 5.75 Å². The van der Waals surface area contributed by atoms with Gasteiger partial charge in [0.25, 0.3) is 0 Å². The summed E-state index contributed by atoms with van der Waals surface area (Å²) in [6.45, 7) is 2.88. The fourth-order valence-electron chi connectivity index (χ4n) is 3.95. The molecule has 0 radical (unpaired) electrons. The molecule has 4 rings (SSSR count). The lowest BCUT2D eigenvalue weighted by atomic mass is 10.3. The summed E-state index contributed by atoms with van der Waals surface area (Å²) in [5.41, 5.74) is 0. The molecule has 0 fully saturated rings. The van der Waals surface area contributed by atoms with Crippen LogP contribution < -0.4 is 26.0 Å². The average Bonchev–Trinajstić information content (AvgIpc) is 2.89. The number of para-hydroxylation sites is 1. The SMILES string of the molecule is CCCCN(P(c1ccccc1)c1ccccc1)P(c1ccccc1)c1ccccc1OC(F)(F)F. The van der Waals surface area contributed by atoms with Gasteiger partial charge >= 0.3 is 6.36 Å². The minimum absolute atomic E-state index is 0.141. The average molecular weight is 525 g/mol. The first-order chi connectivity index (χ1) is 17.5. The van der Waals surface area contributed by atoms with Crippen molar-refractivity contribution in [3.63, 3.8) is 0 Å². The number of hydrogen-bond donors (Lipinski definition) is 0. The van der Waals surface area contributed by atoms with E-state index < -0.39 is 22.5 Å². The largest absolute Gasteiger partial charge is 0.573 e. The van der Waals surface area contributed by atoms with Gasteiger partial charge in [-0.15, -0.1) is 13.2 Å². The summed E-state index contributed by atoms with van der Waals surface area (Å²) in [6.07, 6.45) is -2.87. The second-order valence-corrected chi connectivity index (χ2v) is 12.7. The molecule has 0 saturated heterocycles. The molecule has 0 spiro atoms. The molecule has 0 heterocycles. The molecule has 1 atom stereocenters. The molecule has 1 unspecified atom stereocenters. The molecule has 186 valence electrons. The van der Waals surface area contributed by atoms with E-state index in [1.807, 2.05) is 66.7 Å². The molecule has 2 nitrogen and oxygen atoms in total. The van der Waals surface area contributed by atoms with Crippen molar-refractivity contribution in [2.75, 3.05) is 6.54 Å². The first kappa shape index (κ1) is 26.4. The van der Waals surface area contributed by atoms with E-state index in [4.69, 9.17) is 0 Å². The Bertz CT molecular complexity index is 1170. The molecule has 0 aliphatic rings. The van der Waals surface area contributed by atoms with Crippen molar-refractivity contribution in [1.82, 2.24) is 4.44 Å². The normalized spacial score (nSPS) is 12.6. The quantitative estimate of drug-likeness (QED) is 0.205. The molecule has 36 heavy (non-hydrogen) atoms. The zero-order chi connectivity index (χ0) is 25.4. The molecule has 7 heteroatoms. The number of hydrogen-bond acceptors (Lipinski definition) is 2. The Hall–Kier alpha value is -2.71. The van der Waals surface area contributed by atoms with Gasteiger partial charge in [-0.2, -0.15) is 0 Å². The van der Waals surface area contributed by atoms with Gasteiger partial charge in [-0.3, -0.25) is 0 Å². The lowest BCUT2D eigenvalue weighted by Crippen LogP contribution is -2.33. The topological polar surface area (TPSA) is 12.5 Å². The molecule has 0 saturated carbocycles. The Kier molecular flexibility index (Phi) is 9.15. The Balaban J connectivity index is 1.95. The molecule has 0 aromatic heterocycles. The zero-order valence-corrected chi connectivity index (χ0v) is 21.8. The fourth-order valence-corrected chi connectivity index (χ4v) is 10.1. The predicted molar refractivity (Wildman–Crippen MR) is 146 cm³/mol. The van der Waals surface area contributed by atoms with Crippen LogP contribution in [0.15, 0.2) is 115 Å². The van der Waals surface area contributed by atoms with Crippen LogP contribution in [-0.4, -0.2) is 17.3 Å². The van der Waals surface area contributed by atoms with Gasteiger partial charge < -0.3 is 4.74 Å². The van der Waals surface area contributed by atoms with Gasteiger partial charge in [-0.25, -0.2) is 4.44 Å². The molecule has 0 aliphatic heterocycles. The summed E-state index contributed by atoms with van der Waals surface area (Å²) >= 11 is 0. The van der Waals surface area contributed by atoms with Crippen LogP contribution in [-0.2, 0) is 0 Å². The highest BCUT2D eigenvalue weighted by Gasteiger charge is 2.36. The van der Waals surface area contributed by atoms with Crippen molar-refractivity contribution in [3.05, 3.63) is 115 Å². The zero-order valence-electron chi connectivity index (χ0n) is 20.0. The lowest BCUT2D eigenvalue weighted by Gasteiger charge is -2.39. The second kappa shape index (κ2) is 12.5. The second-order valence-electron chi connectivity index (χ2n) is 8.10. The van der Waals surface area contributed by atoms with Gasteiger partial charge in [0.05, 0.1) is 0 Å². The number of unbranched alkanes of at least 4 members (excludes halogenated alkanes) is 1. The molecule has 0 amide bonds. The van der Waals surface area contributed by atoms with E-state index in [-0.39, 0.29) is 5.75 Å². The Morgan fingerprint density at radius 1 is 0.639 bits per heavy atom. The summed E-state index contributed by atoms with van der Waals surface area (Å²) in [5, 5.41) is 3.87. The first-order valence-corrected chi connectivity index (χ1v) is 14.4. The van der Waals surface area contributed by atoms with Crippen LogP contribution in [0.25, 0.3) is 0 Å². The molecule has 0 bridgehead atoms. The van der Waals surface area contributed by atoms with Gasteiger partial charge in [-0.05, 0) is 34.5 Å². The first-order valence-electron chi connectivity index (χ1n) is 11.9. The molecular formula is C29H28F3NOP2. The highest BCUT2D eigenvalue weighted by Crippen LogP contribution is 2.55. The van der Waals surface area contributed by atoms with E-state index in [2.05, 4.69) is 40.4 Å². The lowest BCUT2D eigenvalue weighted by molar-refractivity contribution is -0.274. The van der Waals surface area contributed by atoms with Gasteiger partial charge in [0.1, 0.15) is 5.75 Å². The van der Waals surface area contributed by atoms with E-state index in [9.17, 15) is 13.2 Å². The van der Waals surface area contributed by atoms with Gasteiger partial charge in [-0.1, -0.05) is 116 Å². The summed E-state index contributed by atoms with van der Waals surface area (Å²) in [7, 11) is -2.38. The van der Waals surface area contributed by atoms with Gasteiger partial charge in [0, 0.05) is 28.0 Å². The van der Waals surface area contributed by atoms with Crippen LogP contribution in [0.4, 0.5) is 13.2 Å². The Morgan fingerprint density at radius 3 is 1.56 bits per heavy atom. The van der Waals surface area contributed by atoms with Crippen molar-refractivity contribution in [1.29, 1.82) is 0 Å². The van der Waals surface area contributed by atoms with Crippen molar-refractivity contribution >= 4 is 37.4 Å². The van der Waals surface area contributed by atoms with Crippen LogP contribution >= 0.6 is 16.1 Å². The number of ether oxygens (including phenoxy) is 1. The maximum atomic E-state index is 13.5. The van der Waals surface area contributed by atoms with Crippen molar-refractivity contribution < 1.29 is 17.9 Å². The van der Waals surface area contributed by atoms with Crippen LogP contribution in [0, 0.1) is 0 Å². The van der Waals surface area contributed by atoms with Crippen LogP contribution in [0.3, 0.4) is 0 Å². The third-order valence-corrected chi connectivity index (χ3v) is 11.1. The van der Waals surface area contributed by atoms with E-state index in [1.165, 1.54) is 6.07 Å². The summed E-state index contributed by atoms with van der Waals surface area (Å²) in [6, 6.07) is 37.0. The number of halogens is 3. The van der Waals surface area contributed by atoms with E-state index >= 15 is 0 Å². The minimum Gasteiger partial charge on any atom is -0.405 e. The van der Waals surface area contributed by atoms with Crippen LogP contribution in [0.2, 0.25) is 0 Å². The number of nitrogens with zero attached hydrogens (tertiary/aromatic N) is 1. The van der Waals surface area contributed by atoms with E-state index in [1.54, 1.807) is 18.2 Å². The van der Waals surface area contributed by atoms with Gasteiger partial charge in [0.2, 0.25) is 0 Å². The van der Waals surface area contributed by atoms with Gasteiger partial charge in [0.15, 0.2) is 0 Å². The minimum atomic E-state index is -4.77. The van der Waals surface area contributed by atoms with E-state index in [0.717, 1.165) is 35.3 Å². The predicted octanol–water partition coefficient (Wildman–Crippen LogP) is 7.08. The molecular weight excluding hydrogens is 497 g/mol. The number of alkyl halides is 3. The van der Waals surface area contributed by atoms with Crippen LogP contribution in [0.5, 0.6) is 5.75 Å². The summed E-state index contributed by atoms with van der Waals surface area (Å²) in [5.74, 6) is -0.141. The summed E-state index contributed by atoms with van der Waals surface area (Å²) < 4.78 is 47.4. The van der Waals surface area contributed by atoms with Crippen molar-refractivity contribution in [2.45, 2.75) is 26.1 Å². The standard InChI is InChI=1S/C29H28F3NOP2/c1-2-3-23-33(35(24-15-7-4-8-16-24)25-17-9-5-10-18-25)36(26-19-11-6-12-20-26)28-22-14-13-21-27(28)34-29(30,31)32/h4-22H,2-3,23H2,1H3. The van der Waals surface area contributed by atoms with Crippen LogP contribution in [0.1, 0.15) is 19.8 Å². The molecule has 4 aromatic rings. The Labute approximate surface area is 213 Å². The van der Waals surface area contributed by atoms with Crippen molar-refractivity contribution in [2.24, 2.45) is 0 Å². The highest BCUT2D eigenvalue weighted by molar-refractivity contribution is 7.84. The molecule has 0 N–H and O–H groups in total. The number of rotatable bonds is 10. The molecule has 0 aliphatic carbocycles. The number of benzene rings is 4. The third-order valence-electron chi connectivity index (χ3n) is 5.49.